The van der Waals surface area contributed by atoms with Crippen LogP contribution in [-0.4, -0.2) is 17.1 Å². The summed E-state index contributed by atoms with van der Waals surface area (Å²) >= 11 is 1.40. The van der Waals surface area contributed by atoms with E-state index in [2.05, 4.69) is 10.9 Å². The fourth-order valence-corrected chi connectivity index (χ4v) is 4.19. The van der Waals surface area contributed by atoms with Crippen LogP contribution in [0.5, 0.6) is 17.2 Å². The molecule has 1 heterocycles. The minimum Gasteiger partial charge on any atom is -0.494 e. The van der Waals surface area contributed by atoms with E-state index in [0.29, 0.717) is 35.0 Å². The molecule has 0 spiro atoms. The summed E-state index contributed by atoms with van der Waals surface area (Å²) in [4.78, 5) is 18.0. The van der Waals surface area contributed by atoms with Gasteiger partial charge >= 0.3 is 0 Å². The lowest BCUT2D eigenvalue weighted by Crippen LogP contribution is -2.16. The van der Waals surface area contributed by atoms with Gasteiger partial charge in [-0.05, 0) is 49.4 Å². The zero-order valence-corrected chi connectivity index (χ0v) is 17.8. The van der Waals surface area contributed by atoms with Crippen molar-refractivity contribution in [2.45, 2.75) is 13.5 Å². The Hall–Kier alpha value is -3.82. The Balaban J connectivity index is 1.76. The molecular weight excluding hydrogens is 408 g/mol. The topological polar surface area (TPSA) is 52.8 Å². The molecule has 3 aromatic carbocycles. The third-order valence-electron chi connectivity index (χ3n) is 4.50. The van der Waals surface area contributed by atoms with Crippen molar-refractivity contribution in [3.05, 3.63) is 83.2 Å². The maximum absolute atomic E-state index is 13.1. The second kappa shape index (κ2) is 9.33. The van der Waals surface area contributed by atoms with Crippen LogP contribution in [0, 0.1) is 12.3 Å². The van der Waals surface area contributed by atoms with Gasteiger partial charge in [0.2, 0.25) is 0 Å². The van der Waals surface area contributed by atoms with Gasteiger partial charge in [-0.3, -0.25) is 4.79 Å². The molecule has 0 aliphatic heterocycles. The molecule has 5 nitrogen and oxygen atoms in total. The van der Waals surface area contributed by atoms with E-state index in [-0.39, 0.29) is 0 Å². The van der Waals surface area contributed by atoms with Crippen molar-refractivity contribution in [3.63, 3.8) is 0 Å². The number of terminal acetylenes is 1. The molecule has 0 radical (unpaired) electrons. The fraction of sp³-hybridized carbons (Fsp3) is 0.120. The summed E-state index contributed by atoms with van der Waals surface area (Å²) in [7, 11) is 0. The predicted molar refractivity (Wildman–Crippen MR) is 123 cm³/mol. The Bertz CT molecular complexity index is 1330. The normalized spacial score (nSPS) is 11.3. The van der Waals surface area contributed by atoms with Crippen LogP contribution in [0.25, 0.3) is 10.2 Å². The molecule has 0 unspecified atom stereocenters. The molecule has 0 atom stereocenters. The van der Waals surface area contributed by atoms with E-state index >= 15 is 0 Å². The predicted octanol–water partition coefficient (Wildman–Crippen LogP) is 5.27. The Morgan fingerprint density at radius 2 is 1.84 bits per heavy atom. The lowest BCUT2D eigenvalue weighted by molar-refractivity contribution is 0.0995. The number of hydrogen-bond donors (Lipinski definition) is 0. The van der Waals surface area contributed by atoms with Gasteiger partial charge in [-0.1, -0.05) is 47.6 Å². The van der Waals surface area contributed by atoms with E-state index in [1.807, 2.05) is 66.1 Å². The zero-order valence-electron chi connectivity index (χ0n) is 16.9. The first-order valence-corrected chi connectivity index (χ1v) is 10.6. The lowest BCUT2D eigenvalue weighted by atomic mass is 10.2. The summed E-state index contributed by atoms with van der Waals surface area (Å²) in [6.45, 7) is 2.82. The molecule has 0 saturated heterocycles. The maximum Gasteiger partial charge on any atom is 0.283 e. The minimum absolute atomic E-state index is 0.308. The van der Waals surface area contributed by atoms with Crippen molar-refractivity contribution in [2.24, 2.45) is 4.99 Å². The van der Waals surface area contributed by atoms with Gasteiger partial charge < -0.3 is 14.0 Å². The number of benzene rings is 3. The summed E-state index contributed by atoms with van der Waals surface area (Å²) in [5, 5.41) is 0. The molecule has 154 valence electrons. The van der Waals surface area contributed by atoms with E-state index in [4.69, 9.17) is 15.9 Å². The number of para-hydroxylation sites is 2. The van der Waals surface area contributed by atoms with Gasteiger partial charge in [0, 0.05) is 0 Å². The highest BCUT2D eigenvalue weighted by atomic mass is 32.1. The highest BCUT2D eigenvalue weighted by Crippen LogP contribution is 2.26. The minimum atomic E-state index is -0.395. The number of rotatable bonds is 6. The van der Waals surface area contributed by atoms with Gasteiger partial charge in [-0.2, -0.15) is 4.99 Å². The van der Waals surface area contributed by atoms with Gasteiger partial charge in [0.1, 0.15) is 17.2 Å². The maximum atomic E-state index is 13.1. The lowest BCUT2D eigenvalue weighted by Gasteiger charge is -2.08. The Labute approximate surface area is 184 Å². The molecule has 4 rings (SSSR count). The summed E-state index contributed by atoms with van der Waals surface area (Å²) in [6.07, 6.45) is 5.57. The molecular formula is C25H20N2O3S. The quantitative estimate of drug-likeness (QED) is 0.393. The Kier molecular flexibility index (Phi) is 6.16. The number of thiazole rings is 1. The van der Waals surface area contributed by atoms with Gasteiger partial charge in [-0.15, -0.1) is 6.42 Å². The first kappa shape index (κ1) is 20.5. The summed E-state index contributed by atoms with van der Waals surface area (Å²) in [6, 6.07) is 22.2. The molecule has 0 aliphatic rings. The van der Waals surface area contributed by atoms with E-state index in [1.54, 1.807) is 18.2 Å². The second-order valence-electron chi connectivity index (χ2n) is 6.57. The van der Waals surface area contributed by atoms with E-state index < -0.39 is 5.91 Å². The summed E-state index contributed by atoms with van der Waals surface area (Å²) < 4.78 is 14.3. The molecule has 0 saturated carbocycles. The second-order valence-corrected chi connectivity index (χ2v) is 7.57. The van der Waals surface area contributed by atoms with Crippen molar-refractivity contribution in [1.29, 1.82) is 0 Å². The fourth-order valence-electron chi connectivity index (χ4n) is 3.13. The van der Waals surface area contributed by atoms with Crippen molar-refractivity contribution in [2.75, 3.05) is 6.61 Å². The number of nitrogens with zero attached hydrogens (tertiary/aromatic N) is 2. The molecule has 1 aromatic heterocycles. The van der Waals surface area contributed by atoms with Crippen LogP contribution in [-0.2, 0) is 6.54 Å². The van der Waals surface area contributed by atoms with E-state index in [9.17, 15) is 4.79 Å². The summed E-state index contributed by atoms with van der Waals surface area (Å²) in [5.41, 5.74) is 1.29. The van der Waals surface area contributed by atoms with Crippen molar-refractivity contribution in [1.82, 2.24) is 4.57 Å². The highest BCUT2D eigenvalue weighted by molar-refractivity contribution is 7.16. The van der Waals surface area contributed by atoms with Gasteiger partial charge in [0.05, 0.1) is 28.9 Å². The van der Waals surface area contributed by atoms with Crippen LogP contribution in [0.15, 0.2) is 77.8 Å². The van der Waals surface area contributed by atoms with Crippen molar-refractivity contribution >= 4 is 27.5 Å². The molecule has 0 bridgehead atoms. The standard InChI is InChI=1S/C25H20N2O3S/c1-3-16-27-21-15-14-19(29-4-2)17-23(21)31-25(27)26-24(28)20-12-8-9-13-22(20)30-18-10-6-5-7-11-18/h1,5-15,17H,4,16H2,2H3. The zero-order chi connectivity index (χ0) is 21.6. The van der Waals surface area contributed by atoms with Crippen LogP contribution in [0.4, 0.5) is 0 Å². The number of amides is 1. The number of ether oxygens (including phenoxy) is 2. The van der Waals surface area contributed by atoms with E-state index in [1.165, 1.54) is 11.3 Å². The van der Waals surface area contributed by atoms with Gasteiger partial charge in [0.25, 0.3) is 5.91 Å². The molecule has 0 N–H and O–H groups in total. The number of hydrogen-bond acceptors (Lipinski definition) is 4. The summed E-state index contributed by atoms with van der Waals surface area (Å²) in [5.74, 6) is 4.11. The van der Waals surface area contributed by atoms with E-state index in [0.717, 1.165) is 16.0 Å². The van der Waals surface area contributed by atoms with Crippen LogP contribution >= 0.6 is 11.3 Å². The molecule has 4 aromatic rings. The van der Waals surface area contributed by atoms with Crippen molar-refractivity contribution < 1.29 is 14.3 Å². The molecule has 0 aliphatic carbocycles. The molecule has 6 heteroatoms. The molecule has 31 heavy (non-hydrogen) atoms. The Morgan fingerprint density at radius 3 is 2.61 bits per heavy atom. The SMILES string of the molecule is C#CCn1c(=NC(=O)c2ccccc2Oc2ccccc2)sc2cc(OCC)ccc21. The molecule has 1 amide bonds. The van der Waals surface area contributed by atoms with Crippen LogP contribution in [0.3, 0.4) is 0 Å². The largest absolute Gasteiger partial charge is 0.494 e. The first-order valence-electron chi connectivity index (χ1n) is 9.80. The van der Waals surface area contributed by atoms with Gasteiger partial charge in [0.15, 0.2) is 4.80 Å². The third kappa shape index (κ3) is 4.52. The third-order valence-corrected chi connectivity index (χ3v) is 5.54. The monoisotopic (exact) mass is 428 g/mol. The smallest absolute Gasteiger partial charge is 0.283 e. The highest BCUT2D eigenvalue weighted by Gasteiger charge is 2.14. The van der Waals surface area contributed by atoms with Crippen LogP contribution in [0.2, 0.25) is 0 Å². The number of carbonyl (C=O) groups is 1. The van der Waals surface area contributed by atoms with Crippen LogP contribution < -0.4 is 14.3 Å². The van der Waals surface area contributed by atoms with Gasteiger partial charge in [-0.25, -0.2) is 0 Å². The average molecular weight is 429 g/mol. The Morgan fingerprint density at radius 1 is 1.06 bits per heavy atom. The number of fused-ring (bicyclic) bond motifs is 1. The van der Waals surface area contributed by atoms with Crippen molar-refractivity contribution in [3.8, 4) is 29.6 Å². The number of aromatic nitrogens is 1. The average Bonchev–Trinajstić information content (AvgIpc) is 3.11. The molecule has 0 fully saturated rings. The number of carbonyl (C=O) groups excluding carboxylic acids is 1. The van der Waals surface area contributed by atoms with Crippen LogP contribution in [0.1, 0.15) is 17.3 Å². The first-order chi connectivity index (χ1) is 15.2.